The van der Waals surface area contributed by atoms with E-state index in [1.807, 2.05) is 11.8 Å². The van der Waals surface area contributed by atoms with Crippen LogP contribution in [0.4, 0.5) is 0 Å². The van der Waals surface area contributed by atoms with Gasteiger partial charge in [0.1, 0.15) is 0 Å². The van der Waals surface area contributed by atoms with Crippen LogP contribution >= 0.6 is 11.8 Å². The molecule has 1 heterocycles. The number of nitrogens with zero attached hydrogens (tertiary/aromatic N) is 1. The Bertz CT molecular complexity index is 159. The molecule has 0 aromatic rings. The molecule has 4 nitrogen and oxygen atoms in total. The molecule has 1 fully saturated rings. The summed E-state index contributed by atoms with van der Waals surface area (Å²) in [5.41, 5.74) is 10.6. The Labute approximate surface area is 76.6 Å². The van der Waals surface area contributed by atoms with E-state index in [1.165, 1.54) is 0 Å². The van der Waals surface area contributed by atoms with E-state index >= 15 is 0 Å². The minimum Gasteiger partial charge on any atom is -0.368 e. The van der Waals surface area contributed by atoms with Gasteiger partial charge in [-0.25, -0.2) is 0 Å². The molecule has 0 aliphatic carbocycles. The lowest BCUT2D eigenvalue weighted by Gasteiger charge is -2.27. The molecule has 1 amide bonds. The lowest BCUT2D eigenvalue weighted by Crippen LogP contribution is -2.48. The van der Waals surface area contributed by atoms with Crippen molar-refractivity contribution in [2.24, 2.45) is 11.5 Å². The summed E-state index contributed by atoms with van der Waals surface area (Å²) in [4.78, 5) is 12.8. The molecule has 4 N–H and O–H groups in total. The van der Waals surface area contributed by atoms with E-state index in [2.05, 4.69) is 4.90 Å². The fraction of sp³-hybridized carbons (Fsp3) is 0.857. The van der Waals surface area contributed by atoms with Crippen molar-refractivity contribution in [1.82, 2.24) is 4.90 Å². The third kappa shape index (κ3) is 3.00. The van der Waals surface area contributed by atoms with E-state index < -0.39 is 11.9 Å². The predicted molar refractivity (Wildman–Crippen MR) is 50.9 cm³/mol. The lowest BCUT2D eigenvalue weighted by atomic mass is 10.2. The Hall–Kier alpha value is -0.260. The Morgan fingerprint density at radius 1 is 1.50 bits per heavy atom. The summed E-state index contributed by atoms with van der Waals surface area (Å²) >= 11 is 1.94. The molecule has 1 unspecified atom stereocenters. The summed E-state index contributed by atoms with van der Waals surface area (Å²) in [6, 6.07) is -0.506. The van der Waals surface area contributed by atoms with E-state index in [-0.39, 0.29) is 0 Å². The maximum atomic E-state index is 10.6. The van der Waals surface area contributed by atoms with Gasteiger partial charge >= 0.3 is 0 Å². The summed E-state index contributed by atoms with van der Waals surface area (Å²) in [7, 11) is 0. The predicted octanol–water partition coefficient (Wildman–Crippen LogP) is -1.15. The van der Waals surface area contributed by atoms with Crippen LogP contribution in [0.2, 0.25) is 0 Å². The molecule has 1 atom stereocenters. The van der Waals surface area contributed by atoms with Crippen molar-refractivity contribution in [3.8, 4) is 0 Å². The van der Waals surface area contributed by atoms with Gasteiger partial charge in [0.25, 0.3) is 0 Å². The number of hydrogen-bond donors (Lipinski definition) is 2. The number of nitrogens with two attached hydrogens (primary N) is 2. The Morgan fingerprint density at radius 3 is 2.58 bits per heavy atom. The SMILES string of the molecule is NC(=O)C(N)CN1CCSCC1. The molecule has 70 valence electrons. The zero-order valence-corrected chi connectivity index (χ0v) is 7.85. The van der Waals surface area contributed by atoms with Crippen LogP contribution in [0.3, 0.4) is 0 Å². The molecular formula is C7H15N3OS. The summed E-state index contributed by atoms with van der Waals surface area (Å²) in [5, 5.41) is 0. The monoisotopic (exact) mass is 189 g/mol. The standard InChI is InChI=1S/C7H15N3OS/c8-6(7(9)11)5-10-1-3-12-4-2-10/h6H,1-5,8H2,(H2,9,11). The highest BCUT2D eigenvalue weighted by atomic mass is 32.2. The third-order valence-electron chi connectivity index (χ3n) is 1.92. The van der Waals surface area contributed by atoms with Crippen LogP contribution in [0.25, 0.3) is 0 Å². The van der Waals surface area contributed by atoms with Gasteiger partial charge in [0, 0.05) is 31.1 Å². The fourth-order valence-electron chi connectivity index (χ4n) is 1.15. The Kier molecular flexibility index (Phi) is 3.84. The third-order valence-corrected chi connectivity index (χ3v) is 2.87. The maximum Gasteiger partial charge on any atom is 0.235 e. The molecule has 1 aliphatic rings. The number of thioether (sulfide) groups is 1. The number of hydrogen-bond acceptors (Lipinski definition) is 4. The van der Waals surface area contributed by atoms with E-state index in [0.717, 1.165) is 24.6 Å². The number of primary amides is 1. The zero-order chi connectivity index (χ0) is 8.97. The first kappa shape index (κ1) is 9.83. The van der Waals surface area contributed by atoms with Gasteiger partial charge in [-0.3, -0.25) is 9.69 Å². The highest BCUT2D eigenvalue weighted by Gasteiger charge is 2.16. The van der Waals surface area contributed by atoms with Gasteiger partial charge in [0.2, 0.25) is 5.91 Å². The average Bonchev–Trinajstić information content (AvgIpc) is 2.06. The van der Waals surface area contributed by atoms with Gasteiger partial charge in [0.05, 0.1) is 6.04 Å². The van der Waals surface area contributed by atoms with Crippen LogP contribution in [0.5, 0.6) is 0 Å². The van der Waals surface area contributed by atoms with Crippen molar-refractivity contribution in [3.05, 3.63) is 0 Å². The molecule has 1 aliphatic heterocycles. The average molecular weight is 189 g/mol. The van der Waals surface area contributed by atoms with Crippen LogP contribution in [0.1, 0.15) is 0 Å². The van der Waals surface area contributed by atoms with Crippen molar-refractivity contribution in [2.75, 3.05) is 31.1 Å². The Morgan fingerprint density at radius 2 is 2.08 bits per heavy atom. The van der Waals surface area contributed by atoms with Crippen molar-refractivity contribution < 1.29 is 4.79 Å². The van der Waals surface area contributed by atoms with E-state index in [4.69, 9.17) is 11.5 Å². The fourth-order valence-corrected chi connectivity index (χ4v) is 2.13. The summed E-state index contributed by atoms with van der Waals surface area (Å²) in [6.07, 6.45) is 0. The lowest BCUT2D eigenvalue weighted by molar-refractivity contribution is -0.119. The second-order valence-corrected chi connectivity index (χ2v) is 4.15. The first-order valence-electron chi connectivity index (χ1n) is 4.05. The number of rotatable bonds is 3. The zero-order valence-electron chi connectivity index (χ0n) is 7.03. The molecule has 0 aromatic heterocycles. The molecule has 0 bridgehead atoms. The molecule has 5 heteroatoms. The second kappa shape index (κ2) is 4.69. The van der Waals surface area contributed by atoms with Crippen LogP contribution in [0.15, 0.2) is 0 Å². The molecule has 1 rings (SSSR count). The van der Waals surface area contributed by atoms with Gasteiger partial charge in [-0.1, -0.05) is 0 Å². The Balaban J connectivity index is 2.24. The molecule has 0 saturated carbocycles. The largest absolute Gasteiger partial charge is 0.368 e. The van der Waals surface area contributed by atoms with Gasteiger partial charge in [0.15, 0.2) is 0 Å². The highest BCUT2D eigenvalue weighted by molar-refractivity contribution is 7.99. The smallest absolute Gasteiger partial charge is 0.235 e. The molecule has 0 spiro atoms. The van der Waals surface area contributed by atoms with E-state index in [1.54, 1.807) is 0 Å². The van der Waals surface area contributed by atoms with Crippen LogP contribution in [-0.4, -0.2) is 48.0 Å². The molecule has 0 radical (unpaired) electrons. The number of amides is 1. The van der Waals surface area contributed by atoms with Crippen molar-refractivity contribution >= 4 is 17.7 Å². The summed E-state index contributed by atoms with van der Waals surface area (Å²) in [6.45, 7) is 2.65. The van der Waals surface area contributed by atoms with Gasteiger partial charge in [-0.2, -0.15) is 11.8 Å². The van der Waals surface area contributed by atoms with E-state index in [0.29, 0.717) is 6.54 Å². The second-order valence-electron chi connectivity index (χ2n) is 2.92. The summed E-state index contributed by atoms with van der Waals surface area (Å²) in [5.74, 6) is 1.85. The number of carbonyl (C=O) groups is 1. The first-order valence-corrected chi connectivity index (χ1v) is 5.20. The minimum absolute atomic E-state index is 0.409. The first-order chi connectivity index (χ1) is 5.70. The molecule has 1 saturated heterocycles. The topological polar surface area (TPSA) is 72.3 Å². The van der Waals surface area contributed by atoms with Crippen LogP contribution < -0.4 is 11.5 Å². The van der Waals surface area contributed by atoms with Crippen LogP contribution in [-0.2, 0) is 4.79 Å². The van der Waals surface area contributed by atoms with Crippen molar-refractivity contribution in [3.63, 3.8) is 0 Å². The molecule has 12 heavy (non-hydrogen) atoms. The van der Waals surface area contributed by atoms with Crippen molar-refractivity contribution in [2.45, 2.75) is 6.04 Å². The number of carbonyl (C=O) groups excluding carboxylic acids is 1. The summed E-state index contributed by atoms with van der Waals surface area (Å²) < 4.78 is 0. The van der Waals surface area contributed by atoms with Crippen LogP contribution in [0, 0.1) is 0 Å². The highest BCUT2D eigenvalue weighted by Crippen LogP contribution is 2.08. The van der Waals surface area contributed by atoms with Gasteiger partial charge in [-0.15, -0.1) is 0 Å². The van der Waals surface area contributed by atoms with Crippen molar-refractivity contribution in [1.29, 1.82) is 0 Å². The normalized spacial score (nSPS) is 22.1. The molecular weight excluding hydrogens is 174 g/mol. The van der Waals surface area contributed by atoms with Gasteiger partial charge in [-0.05, 0) is 0 Å². The van der Waals surface area contributed by atoms with Gasteiger partial charge < -0.3 is 11.5 Å². The quantitative estimate of drug-likeness (QED) is 0.588. The maximum absolute atomic E-state index is 10.6. The minimum atomic E-state index is -0.506. The van der Waals surface area contributed by atoms with E-state index in [9.17, 15) is 4.79 Å². The molecule has 0 aromatic carbocycles.